The van der Waals surface area contributed by atoms with E-state index in [2.05, 4.69) is 6.07 Å². The molecule has 0 aliphatic rings. The second kappa shape index (κ2) is 3.15. The average molecular weight is 164 g/mol. The van der Waals surface area contributed by atoms with Crippen LogP contribution in [-0.4, -0.2) is 7.11 Å². The van der Waals surface area contributed by atoms with Gasteiger partial charge in [-0.15, -0.1) is 0 Å². The Bertz CT molecular complexity index is 246. The van der Waals surface area contributed by atoms with E-state index in [1.54, 1.807) is 7.11 Å². The monoisotopic (exact) mass is 164 g/mol. The van der Waals surface area contributed by atoms with Crippen LogP contribution in [0.2, 0.25) is 0 Å². The summed E-state index contributed by atoms with van der Waals surface area (Å²) in [6, 6.07) is 8.67. The summed E-state index contributed by atoms with van der Waals surface area (Å²) in [4.78, 5) is 0. The average Bonchev–Trinajstić information content (AvgIpc) is 2.03. The van der Waals surface area contributed by atoms with Gasteiger partial charge in [0.2, 0.25) is 0 Å². The highest BCUT2D eigenvalue weighted by Gasteiger charge is 2.13. The number of nitrogens with two attached hydrogens (primary N) is 1. The van der Waals surface area contributed by atoms with Gasteiger partial charge in [0.15, 0.2) is 0 Å². The van der Waals surface area contributed by atoms with Crippen LogP contribution in [0.15, 0.2) is 18.2 Å². The van der Waals surface area contributed by atoms with Gasteiger partial charge < -0.3 is 10.5 Å². The largest absolute Gasteiger partial charge is 0.496 e. The van der Waals surface area contributed by atoms with Gasteiger partial charge in [-0.2, -0.15) is 0 Å². The predicted octanol–water partition coefficient (Wildman–Crippen LogP) is 1.69. The van der Waals surface area contributed by atoms with E-state index in [0.29, 0.717) is 0 Å². The Kier molecular flexibility index (Phi) is 2.38. The van der Waals surface area contributed by atoms with Crippen LogP contribution < -0.4 is 10.5 Å². The van der Waals surface area contributed by atoms with Crippen molar-refractivity contribution in [2.45, 2.75) is 19.4 Å². The van der Waals surface area contributed by atoms with E-state index in [-0.39, 0.29) is 5.54 Å². The number of methoxy groups -OCH3 is 1. The van der Waals surface area contributed by atoms with Crippen LogP contribution in [0.25, 0.3) is 0 Å². The van der Waals surface area contributed by atoms with E-state index in [4.69, 9.17) is 10.5 Å². The number of rotatable bonds is 2. The van der Waals surface area contributed by atoms with Crippen LogP contribution in [0.1, 0.15) is 19.4 Å². The zero-order valence-corrected chi connectivity index (χ0v) is 7.72. The summed E-state index contributed by atoms with van der Waals surface area (Å²) in [5, 5.41) is 0. The maximum atomic E-state index is 5.89. The molecule has 0 saturated heterocycles. The molecule has 0 amide bonds. The van der Waals surface area contributed by atoms with Crippen molar-refractivity contribution in [3.05, 3.63) is 29.8 Å². The quantitative estimate of drug-likeness (QED) is 0.722. The van der Waals surface area contributed by atoms with Gasteiger partial charge in [-0.05, 0) is 31.5 Å². The molecule has 0 saturated carbocycles. The first-order chi connectivity index (χ1) is 5.54. The molecule has 0 bridgehead atoms. The van der Waals surface area contributed by atoms with Gasteiger partial charge in [0.05, 0.1) is 7.11 Å². The van der Waals surface area contributed by atoms with Crippen molar-refractivity contribution in [3.8, 4) is 5.75 Å². The van der Waals surface area contributed by atoms with E-state index in [1.807, 2.05) is 32.0 Å². The van der Waals surface area contributed by atoms with E-state index < -0.39 is 0 Å². The zero-order valence-electron chi connectivity index (χ0n) is 7.72. The van der Waals surface area contributed by atoms with Crippen LogP contribution in [0.4, 0.5) is 0 Å². The van der Waals surface area contributed by atoms with Crippen LogP contribution in [0.3, 0.4) is 0 Å². The molecule has 0 heterocycles. The van der Waals surface area contributed by atoms with Gasteiger partial charge in [-0.3, -0.25) is 0 Å². The van der Waals surface area contributed by atoms with E-state index in [0.717, 1.165) is 11.3 Å². The van der Waals surface area contributed by atoms with Crippen LogP contribution in [-0.2, 0) is 5.54 Å². The normalized spacial score (nSPS) is 11.3. The Morgan fingerprint density at radius 1 is 1.42 bits per heavy atom. The van der Waals surface area contributed by atoms with E-state index in [1.165, 1.54) is 0 Å². The number of hydrogen-bond acceptors (Lipinski definition) is 2. The van der Waals surface area contributed by atoms with Crippen LogP contribution >= 0.6 is 0 Å². The highest BCUT2D eigenvalue weighted by Crippen LogP contribution is 2.19. The summed E-state index contributed by atoms with van der Waals surface area (Å²) in [7, 11) is 1.62. The smallest absolute Gasteiger partial charge is 0.126 e. The zero-order chi connectivity index (χ0) is 9.19. The molecular weight excluding hydrogens is 150 g/mol. The summed E-state index contributed by atoms with van der Waals surface area (Å²) in [5.74, 6) is 0.739. The molecule has 1 aromatic rings. The van der Waals surface area contributed by atoms with Gasteiger partial charge in [0.25, 0.3) is 0 Å². The van der Waals surface area contributed by atoms with Crippen molar-refractivity contribution in [2.24, 2.45) is 5.73 Å². The molecule has 1 rings (SSSR count). The first-order valence-electron chi connectivity index (χ1n) is 3.89. The molecular formula is C10H14NO. The molecule has 0 aromatic heterocycles. The Balaban J connectivity index is 2.93. The van der Waals surface area contributed by atoms with Gasteiger partial charge in [-0.25, -0.2) is 0 Å². The van der Waals surface area contributed by atoms with Crippen LogP contribution in [0.5, 0.6) is 5.75 Å². The first-order valence-corrected chi connectivity index (χ1v) is 3.89. The van der Waals surface area contributed by atoms with Crippen molar-refractivity contribution in [3.63, 3.8) is 0 Å². The molecule has 12 heavy (non-hydrogen) atoms. The maximum absolute atomic E-state index is 5.89. The minimum Gasteiger partial charge on any atom is -0.496 e. The number of ether oxygens (including phenoxy) is 1. The van der Waals surface area contributed by atoms with Crippen molar-refractivity contribution >= 4 is 0 Å². The van der Waals surface area contributed by atoms with Gasteiger partial charge in [-0.1, -0.05) is 6.07 Å². The standard InChI is InChI=1S/C10H14NO/c1-10(2,11)8-4-6-9(12-3)7-5-8/h4-6H,11H2,1-3H3. The molecule has 0 fully saturated rings. The fourth-order valence-corrected chi connectivity index (χ4v) is 0.938. The molecule has 65 valence electrons. The lowest BCUT2D eigenvalue weighted by atomic mass is 9.96. The van der Waals surface area contributed by atoms with Gasteiger partial charge in [0, 0.05) is 11.6 Å². The SMILES string of the molecule is COc1[c]cc(C(C)(C)N)cc1. The Morgan fingerprint density at radius 3 is 2.42 bits per heavy atom. The summed E-state index contributed by atoms with van der Waals surface area (Å²) < 4.78 is 4.99. The van der Waals surface area contributed by atoms with E-state index in [9.17, 15) is 0 Å². The summed E-state index contributed by atoms with van der Waals surface area (Å²) in [6.07, 6.45) is 0. The fraction of sp³-hybridized carbons (Fsp3) is 0.400. The summed E-state index contributed by atoms with van der Waals surface area (Å²) in [6.45, 7) is 3.92. The third-order valence-corrected chi connectivity index (χ3v) is 1.75. The fourth-order valence-electron chi connectivity index (χ4n) is 0.938. The Hall–Kier alpha value is -1.02. The lowest BCUT2D eigenvalue weighted by Gasteiger charge is -2.18. The van der Waals surface area contributed by atoms with Crippen molar-refractivity contribution in [1.29, 1.82) is 0 Å². The molecule has 2 heteroatoms. The Morgan fingerprint density at radius 2 is 2.08 bits per heavy atom. The number of hydrogen-bond donors (Lipinski definition) is 1. The van der Waals surface area contributed by atoms with Crippen molar-refractivity contribution in [2.75, 3.05) is 7.11 Å². The highest BCUT2D eigenvalue weighted by atomic mass is 16.5. The molecule has 1 radical (unpaired) electrons. The third-order valence-electron chi connectivity index (χ3n) is 1.75. The van der Waals surface area contributed by atoms with Crippen LogP contribution in [0, 0.1) is 6.07 Å². The molecule has 0 atom stereocenters. The number of benzene rings is 1. The lowest BCUT2D eigenvalue weighted by molar-refractivity contribution is 0.413. The second-order valence-corrected chi connectivity index (χ2v) is 3.37. The van der Waals surface area contributed by atoms with Crippen molar-refractivity contribution in [1.82, 2.24) is 0 Å². The lowest BCUT2D eigenvalue weighted by Crippen LogP contribution is -2.28. The van der Waals surface area contributed by atoms with Gasteiger partial charge >= 0.3 is 0 Å². The predicted molar refractivity (Wildman–Crippen MR) is 49.0 cm³/mol. The van der Waals surface area contributed by atoms with Gasteiger partial charge in [0.1, 0.15) is 5.75 Å². The summed E-state index contributed by atoms with van der Waals surface area (Å²) in [5.41, 5.74) is 6.64. The molecule has 2 nitrogen and oxygen atoms in total. The van der Waals surface area contributed by atoms with E-state index >= 15 is 0 Å². The molecule has 0 aliphatic heterocycles. The molecule has 0 spiro atoms. The molecule has 1 aromatic carbocycles. The third kappa shape index (κ3) is 1.98. The maximum Gasteiger partial charge on any atom is 0.126 e. The molecule has 0 aliphatic carbocycles. The molecule has 0 unspecified atom stereocenters. The molecule has 2 N–H and O–H groups in total. The topological polar surface area (TPSA) is 35.2 Å². The summed E-state index contributed by atoms with van der Waals surface area (Å²) >= 11 is 0. The first kappa shape index (κ1) is 9.07. The highest BCUT2D eigenvalue weighted by molar-refractivity contribution is 5.29. The minimum absolute atomic E-state index is 0.303. The second-order valence-electron chi connectivity index (χ2n) is 3.37. The van der Waals surface area contributed by atoms with Crippen molar-refractivity contribution < 1.29 is 4.74 Å². The Labute approximate surface area is 73.3 Å². The minimum atomic E-state index is -0.303.